The van der Waals surface area contributed by atoms with Crippen LogP contribution < -0.4 is 5.32 Å². The van der Waals surface area contributed by atoms with Gasteiger partial charge in [-0.05, 0) is 61.3 Å². The summed E-state index contributed by atoms with van der Waals surface area (Å²) in [5, 5.41) is 13.5. The molecule has 3 unspecified atom stereocenters. The normalized spacial score (nSPS) is 28.2. The van der Waals surface area contributed by atoms with Gasteiger partial charge in [-0.2, -0.15) is 13.2 Å². The summed E-state index contributed by atoms with van der Waals surface area (Å²) in [7, 11) is 0. The zero-order valence-corrected chi connectivity index (χ0v) is 19.7. The van der Waals surface area contributed by atoms with Crippen molar-refractivity contribution >= 4 is 11.9 Å². The van der Waals surface area contributed by atoms with Crippen molar-refractivity contribution in [3.05, 3.63) is 34.9 Å². The number of aliphatic carboxylic acids is 1. The van der Waals surface area contributed by atoms with Crippen LogP contribution in [0.2, 0.25) is 0 Å². The van der Waals surface area contributed by atoms with Crippen LogP contribution in [0.4, 0.5) is 13.2 Å². The highest BCUT2D eigenvalue weighted by molar-refractivity contribution is 5.86. The summed E-state index contributed by atoms with van der Waals surface area (Å²) in [5.41, 5.74) is -0.875. The van der Waals surface area contributed by atoms with E-state index in [-0.39, 0.29) is 36.5 Å². The van der Waals surface area contributed by atoms with Gasteiger partial charge in [0.2, 0.25) is 5.91 Å². The summed E-state index contributed by atoms with van der Waals surface area (Å²) in [6.07, 6.45) is -0.508. The van der Waals surface area contributed by atoms with Crippen molar-refractivity contribution in [1.82, 2.24) is 10.2 Å². The average molecular weight is 483 g/mol. The van der Waals surface area contributed by atoms with Crippen LogP contribution >= 0.6 is 0 Å². The van der Waals surface area contributed by atoms with Crippen LogP contribution in [0.5, 0.6) is 0 Å². The molecule has 34 heavy (non-hydrogen) atoms. The van der Waals surface area contributed by atoms with E-state index in [0.29, 0.717) is 24.4 Å². The summed E-state index contributed by atoms with van der Waals surface area (Å²) < 4.78 is 45.3. The fraction of sp³-hybridized carbons (Fsp3) is 0.680. The highest BCUT2D eigenvalue weighted by Crippen LogP contribution is 2.47. The molecule has 2 N–H and O–H groups in total. The molecule has 2 heterocycles. The largest absolute Gasteiger partial charge is 0.481 e. The van der Waals surface area contributed by atoms with Crippen LogP contribution in [-0.4, -0.2) is 53.7 Å². The Hall–Kier alpha value is -2.13. The second-order valence-electron chi connectivity index (χ2n) is 10.3. The summed E-state index contributed by atoms with van der Waals surface area (Å²) in [6.45, 7) is 5.42. The van der Waals surface area contributed by atoms with Gasteiger partial charge in [0.1, 0.15) is 0 Å². The number of nitrogens with one attached hydrogen (secondary N) is 1. The molecular weight excluding hydrogens is 449 g/mol. The van der Waals surface area contributed by atoms with E-state index < -0.39 is 29.0 Å². The maximum atomic E-state index is 13.9. The second-order valence-corrected chi connectivity index (χ2v) is 10.3. The third kappa shape index (κ3) is 4.82. The van der Waals surface area contributed by atoms with Gasteiger partial charge < -0.3 is 20.1 Å². The number of carbonyl (C=O) groups is 2. The molecule has 2 fully saturated rings. The molecule has 1 saturated carbocycles. The molecule has 188 valence electrons. The van der Waals surface area contributed by atoms with Crippen molar-refractivity contribution in [3.8, 4) is 0 Å². The van der Waals surface area contributed by atoms with Gasteiger partial charge in [-0.25, -0.2) is 0 Å². The maximum absolute atomic E-state index is 13.9. The third-order valence-electron chi connectivity index (χ3n) is 7.97. The van der Waals surface area contributed by atoms with E-state index in [1.807, 2.05) is 13.8 Å². The van der Waals surface area contributed by atoms with E-state index >= 15 is 0 Å². The van der Waals surface area contributed by atoms with Crippen molar-refractivity contribution in [3.63, 3.8) is 0 Å². The molecule has 3 atom stereocenters. The molecule has 2 aliphatic heterocycles. The number of alkyl halides is 3. The number of fused-ring (bicyclic) bond motifs is 1. The van der Waals surface area contributed by atoms with Crippen molar-refractivity contribution in [2.45, 2.75) is 76.7 Å². The predicted octanol–water partition coefficient (Wildman–Crippen LogP) is 4.18. The fourth-order valence-electron chi connectivity index (χ4n) is 5.91. The van der Waals surface area contributed by atoms with Gasteiger partial charge in [-0.15, -0.1) is 0 Å². The van der Waals surface area contributed by atoms with E-state index in [9.17, 15) is 27.9 Å². The molecular formula is C25H33F3N2O4. The average Bonchev–Trinajstić information content (AvgIpc) is 3.22. The van der Waals surface area contributed by atoms with Gasteiger partial charge >= 0.3 is 12.1 Å². The van der Waals surface area contributed by atoms with Crippen molar-refractivity contribution in [2.24, 2.45) is 11.3 Å². The Morgan fingerprint density at radius 3 is 2.50 bits per heavy atom. The first-order valence-electron chi connectivity index (χ1n) is 12.1. The molecule has 0 spiro atoms. The number of hydrogen-bond donors (Lipinski definition) is 2. The number of amides is 1. The molecule has 0 bridgehead atoms. The lowest BCUT2D eigenvalue weighted by molar-refractivity contribution is -0.148. The Balaban J connectivity index is 1.57. The van der Waals surface area contributed by atoms with E-state index in [1.165, 1.54) is 11.0 Å². The van der Waals surface area contributed by atoms with Crippen LogP contribution in [0.25, 0.3) is 0 Å². The van der Waals surface area contributed by atoms with Crippen LogP contribution in [-0.2, 0) is 27.0 Å². The van der Waals surface area contributed by atoms with E-state index in [1.54, 1.807) is 0 Å². The van der Waals surface area contributed by atoms with Crippen LogP contribution in [0.1, 0.15) is 68.6 Å². The number of benzene rings is 1. The van der Waals surface area contributed by atoms with Gasteiger partial charge in [0.25, 0.3) is 0 Å². The fourth-order valence-corrected chi connectivity index (χ4v) is 5.91. The highest BCUT2D eigenvalue weighted by Gasteiger charge is 2.50. The van der Waals surface area contributed by atoms with Crippen molar-refractivity contribution < 1.29 is 32.6 Å². The Kier molecular flexibility index (Phi) is 6.97. The molecule has 6 nitrogen and oxygen atoms in total. The van der Waals surface area contributed by atoms with E-state index in [0.717, 1.165) is 44.6 Å². The molecule has 1 aliphatic carbocycles. The SMILES string of the molecule is CC(C)C1(C(=O)N2Cc3cc(C(F)(F)F)ccc3C(C(=O)O)C2)CCC(NC2CCOCC2)C1. The molecule has 3 aliphatic rings. The first-order chi connectivity index (χ1) is 16.0. The summed E-state index contributed by atoms with van der Waals surface area (Å²) in [5.74, 6) is -2.31. The smallest absolute Gasteiger partial charge is 0.416 e. The molecule has 1 aromatic rings. The van der Waals surface area contributed by atoms with Gasteiger partial charge in [-0.1, -0.05) is 19.9 Å². The molecule has 1 amide bonds. The molecule has 9 heteroatoms. The van der Waals surface area contributed by atoms with Gasteiger partial charge in [-0.3, -0.25) is 9.59 Å². The second kappa shape index (κ2) is 9.49. The number of ether oxygens (including phenoxy) is 1. The monoisotopic (exact) mass is 482 g/mol. The maximum Gasteiger partial charge on any atom is 0.416 e. The standard InChI is InChI=1S/C25H33F3N2O4/c1-15(2)24(8-5-19(12-24)29-18-6-9-34-10-7-18)23(33)30-13-16-11-17(25(26,27)28)3-4-20(16)21(14-30)22(31)32/h3-4,11,15,18-19,21,29H,5-10,12-14H2,1-2H3,(H,31,32). The van der Waals surface area contributed by atoms with E-state index in [4.69, 9.17) is 4.74 Å². The van der Waals surface area contributed by atoms with Crippen LogP contribution in [0, 0.1) is 11.3 Å². The van der Waals surface area contributed by atoms with Gasteiger partial charge in [0, 0.05) is 38.4 Å². The zero-order chi connectivity index (χ0) is 24.7. The minimum absolute atomic E-state index is 0.00556. The lowest BCUT2D eigenvalue weighted by atomic mass is 9.73. The minimum Gasteiger partial charge on any atom is -0.481 e. The summed E-state index contributed by atoms with van der Waals surface area (Å²) >= 11 is 0. The summed E-state index contributed by atoms with van der Waals surface area (Å²) in [6, 6.07) is 3.71. The van der Waals surface area contributed by atoms with Crippen LogP contribution in [0.3, 0.4) is 0 Å². The Bertz CT molecular complexity index is 929. The summed E-state index contributed by atoms with van der Waals surface area (Å²) in [4.78, 5) is 27.4. The van der Waals surface area contributed by atoms with E-state index in [2.05, 4.69) is 5.32 Å². The van der Waals surface area contributed by atoms with Crippen molar-refractivity contribution in [1.29, 1.82) is 0 Å². The quantitative estimate of drug-likeness (QED) is 0.659. The van der Waals surface area contributed by atoms with Gasteiger partial charge in [0.05, 0.1) is 16.9 Å². The molecule has 4 rings (SSSR count). The Morgan fingerprint density at radius 1 is 1.18 bits per heavy atom. The first-order valence-corrected chi connectivity index (χ1v) is 12.1. The first kappa shape index (κ1) is 25.0. The third-order valence-corrected chi connectivity index (χ3v) is 7.97. The number of carboxylic acid groups (broad SMARTS) is 1. The topological polar surface area (TPSA) is 78.9 Å². The molecule has 0 radical (unpaired) electrons. The molecule has 1 aromatic carbocycles. The zero-order valence-electron chi connectivity index (χ0n) is 19.7. The Labute approximate surface area is 197 Å². The number of nitrogens with zero attached hydrogens (tertiary/aromatic N) is 1. The van der Waals surface area contributed by atoms with Gasteiger partial charge in [0.15, 0.2) is 0 Å². The number of halogens is 3. The predicted molar refractivity (Wildman–Crippen MR) is 119 cm³/mol. The lowest BCUT2D eigenvalue weighted by Crippen LogP contribution is -2.50. The number of rotatable bonds is 5. The Morgan fingerprint density at radius 2 is 1.88 bits per heavy atom. The van der Waals surface area contributed by atoms with Crippen molar-refractivity contribution in [2.75, 3.05) is 19.8 Å². The number of hydrogen-bond acceptors (Lipinski definition) is 4. The highest BCUT2D eigenvalue weighted by atomic mass is 19.4. The number of carboxylic acids is 1. The lowest BCUT2D eigenvalue weighted by Gasteiger charge is -2.41. The molecule has 1 saturated heterocycles. The van der Waals surface area contributed by atoms with Crippen LogP contribution in [0.15, 0.2) is 18.2 Å². The minimum atomic E-state index is -4.53. The molecule has 0 aromatic heterocycles. The number of carbonyl (C=O) groups excluding carboxylic acids is 1.